The number of hydrogen-bond acceptors (Lipinski definition) is 6. The Morgan fingerprint density at radius 3 is 2.90 bits per heavy atom. The molecule has 0 atom stereocenters. The van der Waals surface area contributed by atoms with Crippen LogP contribution in [-0.4, -0.2) is 46.0 Å². The maximum absolute atomic E-state index is 11.5. The number of fused-ring (bicyclic) bond motifs is 1. The Kier molecular flexibility index (Phi) is 6.66. The van der Waals surface area contributed by atoms with Crippen LogP contribution in [0.5, 0.6) is 5.75 Å². The number of anilines is 1. The number of benzene rings is 1. The number of aryl methyl sites for hydroxylation is 1. The molecule has 31 heavy (non-hydrogen) atoms. The number of nitrogens with zero attached hydrogens (tertiary/aromatic N) is 4. The van der Waals surface area contributed by atoms with E-state index in [4.69, 9.17) is 15.5 Å². The first-order valence-corrected chi connectivity index (χ1v) is 11.9. The number of carbonyl (C=O) groups is 1. The molecular formula is C21H26BrN6O2S+. The van der Waals surface area contributed by atoms with Crippen molar-refractivity contribution in [2.75, 3.05) is 25.9 Å². The number of nitrogens with two attached hydrogens (primary N) is 1. The Morgan fingerprint density at radius 1 is 1.42 bits per heavy atom. The molecule has 4 rings (SSSR count). The largest absolute Gasteiger partial charge is 0.497 e. The first kappa shape index (κ1) is 21.9. The Morgan fingerprint density at radius 2 is 2.19 bits per heavy atom. The van der Waals surface area contributed by atoms with E-state index in [9.17, 15) is 4.79 Å². The van der Waals surface area contributed by atoms with E-state index in [1.807, 2.05) is 23.1 Å². The number of likely N-dealkylation sites (tertiary alicyclic amines) is 1. The highest BCUT2D eigenvalue weighted by molar-refractivity contribution is 9.10. The van der Waals surface area contributed by atoms with Crippen LogP contribution in [0.2, 0.25) is 0 Å². The van der Waals surface area contributed by atoms with Crippen LogP contribution in [0.15, 0.2) is 39.1 Å². The second-order valence-electron chi connectivity index (χ2n) is 7.70. The van der Waals surface area contributed by atoms with E-state index in [0.717, 1.165) is 70.3 Å². The first-order chi connectivity index (χ1) is 14.9. The number of hydrogen-bond donors (Lipinski definition) is 2. The number of aromatic amines is 1. The van der Waals surface area contributed by atoms with Crippen LogP contribution in [0.1, 0.15) is 26.2 Å². The number of carbonyl (C=O) groups excluding carboxylic acids is 1. The molecule has 3 N–H and O–H groups in total. The second kappa shape index (κ2) is 9.44. The summed E-state index contributed by atoms with van der Waals surface area (Å²) in [5.41, 5.74) is 7.67. The quantitative estimate of drug-likeness (QED) is 0.497. The third kappa shape index (κ3) is 4.95. The summed E-state index contributed by atoms with van der Waals surface area (Å²) in [5.74, 6) is 1.98. The number of imidazole rings is 1. The Labute approximate surface area is 193 Å². The molecule has 3 aromatic rings. The summed E-state index contributed by atoms with van der Waals surface area (Å²) in [6.45, 7) is 4.15. The summed E-state index contributed by atoms with van der Waals surface area (Å²) in [7, 11) is 1.65. The highest BCUT2D eigenvalue weighted by Crippen LogP contribution is 2.35. The fraction of sp³-hybridized carbons (Fsp3) is 0.429. The summed E-state index contributed by atoms with van der Waals surface area (Å²) in [6, 6.07) is 5.83. The van der Waals surface area contributed by atoms with E-state index in [2.05, 4.69) is 30.5 Å². The number of nitrogens with one attached hydrogen (secondary N) is 1. The van der Waals surface area contributed by atoms with Gasteiger partial charge in [0.2, 0.25) is 23.2 Å². The molecular weight excluding hydrogens is 480 g/mol. The first-order valence-electron chi connectivity index (χ1n) is 10.2. The van der Waals surface area contributed by atoms with Gasteiger partial charge in [-0.1, -0.05) is 9.97 Å². The van der Waals surface area contributed by atoms with Crippen molar-refractivity contribution in [3.05, 3.63) is 29.0 Å². The zero-order valence-corrected chi connectivity index (χ0v) is 20.0. The maximum atomic E-state index is 11.5. The lowest BCUT2D eigenvalue weighted by Crippen LogP contribution is -2.40. The van der Waals surface area contributed by atoms with Gasteiger partial charge in [0.15, 0.2) is 5.52 Å². The van der Waals surface area contributed by atoms with Gasteiger partial charge in [-0.25, -0.2) is 4.57 Å². The standard InChI is InChI=1S/C21H25BrN6O2S/c1-13(29)27-8-5-14(6-9-27)7-10-28-12-24-19(23)18-20(28)26-21(25-18)31-17-11-15(30-2)3-4-16(17)22/h3-4,11-12,14H,5-10H2,1-2H3,(H2,23,25,26)/p+1. The van der Waals surface area contributed by atoms with Crippen molar-refractivity contribution in [1.82, 2.24) is 19.9 Å². The smallest absolute Gasteiger partial charge is 0.294 e. The van der Waals surface area contributed by atoms with Crippen molar-refractivity contribution in [3.8, 4) is 5.75 Å². The fourth-order valence-electron chi connectivity index (χ4n) is 3.84. The van der Waals surface area contributed by atoms with Gasteiger partial charge in [-0.3, -0.25) is 4.79 Å². The molecule has 3 heterocycles. The number of ether oxygens (including phenoxy) is 1. The molecule has 0 spiro atoms. The summed E-state index contributed by atoms with van der Waals surface area (Å²) in [5, 5.41) is 0.743. The lowest BCUT2D eigenvalue weighted by atomic mass is 9.93. The van der Waals surface area contributed by atoms with Crippen LogP contribution in [-0.2, 0) is 11.3 Å². The Bertz CT molecular complexity index is 1100. The number of nitrogen functional groups attached to an aromatic ring is 1. The van der Waals surface area contributed by atoms with Crippen molar-refractivity contribution in [2.24, 2.45) is 5.92 Å². The minimum absolute atomic E-state index is 0.168. The summed E-state index contributed by atoms with van der Waals surface area (Å²) in [6.07, 6.45) is 4.86. The zero-order valence-electron chi connectivity index (χ0n) is 17.6. The van der Waals surface area contributed by atoms with Crippen LogP contribution in [0, 0.1) is 5.92 Å². The lowest BCUT2D eigenvalue weighted by Gasteiger charge is -2.31. The van der Waals surface area contributed by atoms with Crippen molar-refractivity contribution in [1.29, 1.82) is 0 Å². The number of amides is 1. The predicted octanol–water partition coefficient (Wildman–Crippen LogP) is 3.40. The number of halogens is 1. The van der Waals surface area contributed by atoms with Crippen molar-refractivity contribution < 1.29 is 14.1 Å². The molecule has 1 aliphatic rings. The third-order valence-corrected chi connectivity index (χ3v) is 7.61. The summed E-state index contributed by atoms with van der Waals surface area (Å²) in [4.78, 5) is 26.9. The van der Waals surface area contributed by atoms with E-state index in [-0.39, 0.29) is 5.91 Å². The van der Waals surface area contributed by atoms with Gasteiger partial charge in [-0.2, -0.15) is 0 Å². The Hall–Kier alpha value is -2.33. The lowest BCUT2D eigenvalue weighted by molar-refractivity contribution is -0.677. The molecule has 0 radical (unpaired) electrons. The average molecular weight is 506 g/mol. The van der Waals surface area contributed by atoms with Gasteiger partial charge in [0.1, 0.15) is 5.75 Å². The monoisotopic (exact) mass is 505 g/mol. The van der Waals surface area contributed by atoms with Crippen LogP contribution >= 0.6 is 27.7 Å². The molecule has 0 bridgehead atoms. The van der Waals surface area contributed by atoms with Crippen LogP contribution < -0.4 is 15.0 Å². The molecule has 1 saturated heterocycles. The molecule has 2 aromatic heterocycles. The number of H-pyrrole nitrogens is 1. The topological polar surface area (TPSA) is 101 Å². The van der Waals surface area contributed by atoms with Gasteiger partial charge in [-0.15, -0.1) is 0 Å². The van der Waals surface area contributed by atoms with Crippen LogP contribution in [0.3, 0.4) is 0 Å². The molecule has 8 nitrogen and oxygen atoms in total. The summed E-state index contributed by atoms with van der Waals surface area (Å²) < 4.78 is 8.36. The molecule has 0 aliphatic carbocycles. The normalized spacial score (nSPS) is 14.9. The van der Waals surface area contributed by atoms with E-state index < -0.39 is 0 Å². The number of piperidine rings is 1. The SMILES string of the molecule is COc1ccc(Br)c(Sc2nc3c([nH]2)c(N)nc[n+]3CCC2CCN(C(C)=O)CC2)c1. The molecule has 0 unspecified atom stereocenters. The molecule has 164 valence electrons. The molecule has 0 saturated carbocycles. The van der Waals surface area contributed by atoms with E-state index in [0.29, 0.717) is 11.7 Å². The molecule has 10 heteroatoms. The van der Waals surface area contributed by atoms with Crippen molar-refractivity contribution >= 4 is 50.6 Å². The van der Waals surface area contributed by atoms with E-state index in [1.165, 1.54) is 11.8 Å². The Balaban J connectivity index is 1.50. The van der Waals surface area contributed by atoms with Gasteiger partial charge in [-0.05, 0) is 71.1 Å². The highest BCUT2D eigenvalue weighted by Gasteiger charge is 2.23. The third-order valence-electron chi connectivity index (χ3n) is 5.71. The molecule has 1 fully saturated rings. The van der Waals surface area contributed by atoms with Crippen LogP contribution in [0.25, 0.3) is 11.2 Å². The van der Waals surface area contributed by atoms with E-state index in [1.54, 1.807) is 20.4 Å². The van der Waals surface area contributed by atoms with Crippen molar-refractivity contribution in [3.63, 3.8) is 0 Å². The van der Waals surface area contributed by atoms with Crippen LogP contribution in [0.4, 0.5) is 5.82 Å². The zero-order chi connectivity index (χ0) is 22.0. The predicted molar refractivity (Wildman–Crippen MR) is 123 cm³/mol. The van der Waals surface area contributed by atoms with E-state index >= 15 is 0 Å². The number of rotatable bonds is 6. The molecule has 1 amide bonds. The highest BCUT2D eigenvalue weighted by atomic mass is 79.9. The summed E-state index contributed by atoms with van der Waals surface area (Å²) >= 11 is 5.10. The van der Waals surface area contributed by atoms with Gasteiger partial charge >= 0.3 is 0 Å². The maximum Gasteiger partial charge on any atom is 0.294 e. The minimum Gasteiger partial charge on any atom is -0.497 e. The van der Waals surface area contributed by atoms with Gasteiger partial charge in [0.25, 0.3) is 5.65 Å². The van der Waals surface area contributed by atoms with Gasteiger partial charge in [0, 0.05) is 29.4 Å². The fourth-order valence-corrected chi connectivity index (χ4v) is 5.17. The minimum atomic E-state index is 0.168. The molecule has 1 aliphatic heterocycles. The average Bonchev–Trinajstić information content (AvgIpc) is 3.20. The molecule has 1 aromatic carbocycles. The number of aromatic nitrogens is 4. The van der Waals surface area contributed by atoms with Gasteiger partial charge < -0.3 is 20.4 Å². The number of methoxy groups -OCH3 is 1. The van der Waals surface area contributed by atoms with Crippen molar-refractivity contribution in [2.45, 2.75) is 42.8 Å². The second-order valence-corrected chi connectivity index (χ2v) is 9.59. The van der Waals surface area contributed by atoms with Gasteiger partial charge in [0.05, 0.1) is 13.7 Å².